The van der Waals surface area contributed by atoms with Crippen LogP contribution in [-0.2, 0) is 11.2 Å². The van der Waals surface area contributed by atoms with Gasteiger partial charge < -0.3 is 15.8 Å². The van der Waals surface area contributed by atoms with E-state index in [1.165, 1.54) is 0 Å². The fourth-order valence-corrected chi connectivity index (χ4v) is 2.06. The minimum atomic E-state index is -0.0127. The molecule has 0 radical (unpaired) electrons. The van der Waals surface area contributed by atoms with Gasteiger partial charge >= 0.3 is 0 Å². The highest BCUT2D eigenvalue weighted by Gasteiger charge is 2.12. The lowest BCUT2D eigenvalue weighted by atomic mass is 10.0. The van der Waals surface area contributed by atoms with E-state index in [4.69, 9.17) is 22.1 Å². The topological polar surface area (TPSA) is 64.3 Å². The predicted molar refractivity (Wildman–Crippen MR) is 82.2 cm³/mol. The van der Waals surface area contributed by atoms with Crippen LogP contribution in [0.1, 0.15) is 32.3 Å². The smallest absolute Gasteiger partial charge is 0.223 e. The number of nitrogens with two attached hydrogens (primary N) is 1. The molecular formula is C15H23ClN2O2. The highest BCUT2D eigenvalue weighted by atomic mass is 35.5. The molecule has 1 unspecified atom stereocenters. The number of rotatable bonds is 8. The fourth-order valence-electron chi connectivity index (χ4n) is 1.82. The largest absolute Gasteiger partial charge is 0.493 e. The quantitative estimate of drug-likeness (QED) is 0.775. The Kier molecular flexibility index (Phi) is 7.41. The summed E-state index contributed by atoms with van der Waals surface area (Å²) in [7, 11) is 0. The molecule has 3 N–H and O–H groups in total. The maximum atomic E-state index is 11.4. The third kappa shape index (κ3) is 5.39. The zero-order chi connectivity index (χ0) is 15.0. The average molecular weight is 299 g/mol. The molecule has 1 aromatic carbocycles. The standard InChI is InChI=1S/C15H23ClN2O2/c1-3-11(17)10-12-13(16)6-5-7-14(12)20-9-8-15(19)18-4-2/h5-7,11H,3-4,8-10,17H2,1-2H3,(H,18,19). The normalized spacial score (nSPS) is 12.0. The van der Waals surface area contributed by atoms with E-state index in [-0.39, 0.29) is 11.9 Å². The van der Waals surface area contributed by atoms with Crippen molar-refractivity contribution < 1.29 is 9.53 Å². The van der Waals surface area contributed by atoms with E-state index in [2.05, 4.69) is 5.32 Å². The Balaban J connectivity index is 2.64. The molecule has 0 aromatic heterocycles. The molecule has 0 aliphatic rings. The number of nitrogens with one attached hydrogen (secondary N) is 1. The van der Waals surface area contributed by atoms with Gasteiger partial charge in [-0.05, 0) is 31.9 Å². The van der Waals surface area contributed by atoms with Crippen molar-refractivity contribution in [2.24, 2.45) is 5.73 Å². The monoisotopic (exact) mass is 298 g/mol. The van der Waals surface area contributed by atoms with Crippen molar-refractivity contribution >= 4 is 17.5 Å². The van der Waals surface area contributed by atoms with Crippen LogP contribution < -0.4 is 15.8 Å². The Morgan fingerprint density at radius 1 is 1.45 bits per heavy atom. The summed E-state index contributed by atoms with van der Waals surface area (Å²) in [6, 6.07) is 5.59. The lowest BCUT2D eigenvalue weighted by Crippen LogP contribution is -2.24. The summed E-state index contributed by atoms with van der Waals surface area (Å²) in [5.41, 5.74) is 6.90. The van der Waals surface area contributed by atoms with Crippen molar-refractivity contribution in [1.29, 1.82) is 0 Å². The van der Waals surface area contributed by atoms with E-state index in [0.29, 0.717) is 36.8 Å². The third-order valence-corrected chi connectivity index (χ3v) is 3.38. The molecule has 112 valence electrons. The zero-order valence-electron chi connectivity index (χ0n) is 12.1. The highest BCUT2D eigenvalue weighted by Crippen LogP contribution is 2.28. The molecular weight excluding hydrogens is 276 g/mol. The minimum absolute atomic E-state index is 0.0127. The number of carbonyl (C=O) groups is 1. The number of hydrogen-bond acceptors (Lipinski definition) is 3. The van der Waals surface area contributed by atoms with Gasteiger partial charge in [0.25, 0.3) is 0 Å². The van der Waals surface area contributed by atoms with Gasteiger partial charge in [0, 0.05) is 23.2 Å². The maximum absolute atomic E-state index is 11.4. The second kappa shape index (κ2) is 8.82. The van der Waals surface area contributed by atoms with Gasteiger partial charge in [-0.15, -0.1) is 0 Å². The summed E-state index contributed by atoms with van der Waals surface area (Å²) >= 11 is 6.21. The molecule has 1 atom stereocenters. The molecule has 0 bridgehead atoms. The lowest BCUT2D eigenvalue weighted by molar-refractivity contribution is -0.121. The molecule has 0 saturated carbocycles. The number of carbonyl (C=O) groups excluding carboxylic acids is 1. The second-order valence-electron chi connectivity index (χ2n) is 4.64. The second-order valence-corrected chi connectivity index (χ2v) is 5.05. The van der Waals surface area contributed by atoms with E-state index in [9.17, 15) is 4.79 Å². The summed E-state index contributed by atoms with van der Waals surface area (Å²) in [5.74, 6) is 0.701. The van der Waals surface area contributed by atoms with E-state index < -0.39 is 0 Å². The van der Waals surface area contributed by atoms with Crippen LogP contribution in [0.4, 0.5) is 0 Å². The summed E-state index contributed by atoms with van der Waals surface area (Å²) < 4.78 is 5.68. The highest BCUT2D eigenvalue weighted by molar-refractivity contribution is 6.31. The van der Waals surface area contributed by atoms with Gasteiger partial charge in [-0.25, -0.2) is 0 Å². The predicted octanol–water partition coefficient (Wildman–Crippen LogP) is 2.52. The Bertz CT molecular complexity index is 438. The Morgan fingerprint density at radius 2 is 2.20 bits per heavy atom. The number of benzene rings is 1. The zero-order valence-corrected chi connectivity index (χ0v) is 12.9. The van der Waals surface area contributed by atoms with Crippen LogP contribution in [0.3, 0.4) is 0 Å². The van der Waals surface area contributed by atoms with Crippen LogP contribution in [0.5, 0.6) is 5.75 Å². The average Bonchev–Trinajstić information content (AvgIpc) is 2.42. The molecule has 4 nitrogen and oxygen atoms in total. The summed E-state index contributed by atoms with van der Waals surface area (Å²) in [5, 5.41) is 3.39. The molecule has 0 aliphatic carbocycles. The first-order valence-electron chi connectivity index (χ1n) is 7.00. The molecule has 1 rings (SSSR count). The Labute approximate surface area is 125 Å². The van der Waals surface area contributed by atoms with Crippen LogP contribution >= 0.6 is 11.6 Å². The summed E-state index contributed by atoms with van der Waals surface area (Å²) in [4.78, 5) is 11.4. The van der Waals surface area contributed by atoms with Gasteiger partial charge in [0.05, 0.1) is 13.0 Å². The van der Waals surface area contributed by atoms with Crippen molar-refractivity contribution in [1.82, 2.24) is 5.32 Å². The first kappa shape index (κ1) is 16.8. The van der Waals surface area contributed by atoms with Gasteiger partial charge in [0.2, 0.25) is 5.91 Å². The molecule has 1 aromatic rings. The van der Waals surface area contributed by atoms with Crippen molar-refractivity contribution in [2.45, 2.75) is 39.2 Å². The van der Waals surface area contributed by atoms with E-state index >= 15 is 0 Å². The van der Waals surface area contributed by atoms with Crippen molar-refractivity contribution in [3.8, 4) is 5.75 Å². The van der Waals surface area contributed by atoms with Gasteiger partial charge in [0.1, 0.15) is 5.75 Å². The van der Waals surface area contributed by atoms with Gasteiger partial charge in [-0.3, -0.25) is 4.79 Å². The Hall–Kier alpha value is -1.26. The minimum Gasteiger partial charge on any atom is -0.493 e. The van der Waals surface area contributed by atoms with Crippen LogP contribution in [0.25, 0.3) is 0 Å². The number of amides is 1. The van der Waals surface area contributed by atoms with Crippen molar-refractivity contribution in [2.75, 3.05) is 13.2 Å². The SMILES string of the molecule is CCNC(=O)CCOc1cccc(Cl)c1CC(N)CC. The molecule has 0 spiro atoms. The van der Waals surface area contributed by atoms with E-state index in [0.717, 1.165) is 12.0 Å². The van der Waals surface area contributed by atoms with Gasteiger partial charge in [-0.1, -0.05) is 24.6 Å². The molecule has 1 amide bonds. The van der Waals surface area contributed by atoms with Crippen LogP contribution in [0, 0.1) is 0 Å². The molecule has 0 saturated heterocycles. The van der Waals surface area contributed by atoms with Gasteiger partial charge in [0.15, 0.2) is 0 Å². The first-order chi connectivity index (χ1) is 9.58. The molecule has 20 heavy (non-hydrogen) atoms. The van der Waals surface area contributed by atoms with E-state index in [1.807, 2.05) is 32.0 Å². The fraction of sp³-hybridized carbons (Fsp3) is 0.533. The van der Waals surface area contributed by atoms with Gasteiger partial charge in [-0.2, -0.15) is 0 Å². The molecule has 0 heterocycles. The number of ether oxygens (including phenoxy) is 1. The molecule has 0 fully saturated rings. The number of halogens is 1. The van der Waals surface area contributed by atoms with Crippen LogP contribution in [0.2, 0.25) is 5.02 Å². The maximum Gasteiger partial charge on any atom is 0.223 e. The van der Waals surface area contributed by atoms with Crippen molar-refractivity contribution in [3.05, 3.63) is 28.8 Å². The van der Waals surface area contributed by atoms with Crippen molar-refractivity contribution in [3.63, 3.8) is 0 Å². The van der Waals surface area contributed by atoms with Crippen LogP contribution in [-0.4, -0.2) is 25.1 Å². The summed E-state index contributed by atoms with van der Waals surface area (Å²) in [6.07, 6.45) is 1.88. The molecule has 5 heteroatoms. The molecule has 0 aliphatic heterocycles. The van der Waals surface area contributed by atoms with Crippen LogP contribution in [0.15, 0.2) is 18.2 Å². The third-order valence-electron chi connectivity index (χ3n) is 3.03. The Morgan fingerprint density at radius 3 is 2.85 bits per heavy atom. The summed E-state index contributed by atoms with van der Waals surface area (Å²) in [6.45, 7) is 4.89. The van der Waals surface area contributed by atoms with E-state index in [1.54, 1.807) is 0 Å². The lowest BCUT2D eigenvalue weighted by Gasteiger charge is -2.15. The first-order valence-corrected chi connectivity index (χ1v) is 7.38. The number of hydrogen-bond donors (Lipinski definition) is 2.